The molecule has 6 heteroatoms. The van der Waals surface area contributed by atoms with E-state index in [9.17, 15) is 5.11 Å². The van der Waals surface area contributed by atoms with Crippen LogP contribution in [0.25, 0.3) is 0 Å². The summed E-state index contributed by atoms with van der Waals surface area (Å²) in [6.07, 6.45) is -0.376. The number of aliphatic hydroxyl groups is 1. The predicted octanol–water partition coefficient (Wildman–Crippen LogP) is 4.05. The number of hydrogen-bond acceptors (Lipinski definition) is 4. The summed E-state index contributed by atoms with van der Waals surface area (Å²) in [4.78, 5) is 0. The number of benzene rings is 2. The lowest BCUT2D eigenvalue weighted by Crippen LogP contribution is -2.23. The Bertz CT molecular complexity index is 677. The fourth-order valence-corrected chi connectivity index (χ4v) is 2.62. The number of nitrogens with one attached hydrogen (secondary N) is 1. The van der Waals surface area contributed by atoms with Crippen LogP contribution in [0.1, 0.15) is 18.1 Å². The molecular weight excluding hydrogens is 349 g/mol. The minimum absolute atomic E-state index is 0.325. The molecule has 2 rings (SSSR count). The van der Waals surface area contributed by atoms with Gasteiger partial charge in [0.25, 0.3) is 0 Å². The molecule has 0 saturated heterocycles. The van der Waals surface area contributed by atoms with Crippen molar-refractivity contribution in [3.63, 3.8) is 0 Å². The highest BCUT2D eigenvalue weighted by atomic mass is 35.5. The minimum atomic E-state index is -0.376. The Balaban J connectivity index is 2.01. The van der Waals surface area contributed by atoms with Crippen LogP contribution >= 0.6 is 23.2 Å². The third-order valence-electron chi connectivity index (χ3n) is 3.40. The predicted molar refractivity (Wildman–Crippen MR) is 97.2 cm³/mol. The summed E-state index contributed by atoms with van der Waals surface area (Å²) in [5.74, 6) is 1.29. The summed E-state index contributed by atoms with van der Waals surface area (Å²) in [5.41, 5.74) is 1.90. The maximum atomic E-state index is 9.27. The van der Waals surface area contributed by atoms with Gasteiger partial charge in [-0.25, -0.2) is 0 Å². The molecule has 0 saturated carbocycles. The van der Waals surface area contributed by atoms with Gasteiger partial charge in [0, 0.05) is 28.7 Å². The van der Waals surface area contributed by atoms with Crippen LogP contribution in [-0.4, -0.2) is 24.9 Å². The van der Waals surface area contributed by atoms with Crippen molar-refractivity contribution in [2.75, 3.05) is 13.7 Å². The van der Waals surface area contributed by atoms with Crippen LogP contribution in [0, 0.1) is 0 Å². The highest BCUT2D eigenvalue weighted by Gasteiger charge is 2.08. The quantitative estimate of drug-likeness (QED) is 0.736. The van der Waals surface area contributed by atoms with Crippen molar-refractivity contribution in [3.05, 3.63) is 57.6 Å². The first-order valence-corrected chi connectivity index (χ1v) is 8.37. The van der Waals surface area contributed by atoms with Gasteiger partial charge in [-0.1, -0.05) is 35.3 Å². The van der Waals surface area contributed by atoms with Crippen molar-refractivity contribution in [1.29, 1.82) is 0 Å². The largest absolute Gasteiger partial charge is 0.493 e. The molecule has 2 N–H and O–H groups in total. The summed E-state index contributed by atoms with van der Waals surface area (Å²) >= 11 is 12.0. The SMILES string of the molecule is COc1cc(CNC[C@H](C)O)ccc1OCc1ccc(Cl)cc1Cl. The van der Waals surface area contributed by atoms with Crippen molar-refractivity contribution in [3.8, 4) is 11.5 Å². The van der Waals surface area contributed by atoms with E-state index in [0.717, 1.165) is 11.1 Å². The lowest BCUT2D eigenvalue weighted by atomic mass is 10.2. The number of halogens is 2. The second-order valence-corrected chi connectivity index (χ2v) is 6.33. The molecule has 0 aliphatic carbocycles. The van der Waals surface area contributed by atoms with Gasteiger partial charge in [-0.15, -0.1) is 0 Å². The number of hydrogen-bond donors (Lipinski definition) is 2. The molecule has 1 atom stereocenters. The molecule has 0 aromatic heterocycles. The average molecular weight is 370 g/mol. The topological polar surface area (TPSA) is 50.7 Å². The Morgan fingerprint density at radius 3 is 2.58 bits per heavy atom. The lowest BCUT2D eigenvalue weighted by Gasteiger charge is -2.14. The second-order valence-electron chi connectivity index (χ2n) is 5.49. The summed E-state index contributed by atoms with van der Waals surface area (Å²) < 4.78 is 11.2. The average Bonchev–Trinajstić information content (AvgIpc) is 2.54. The standard InChI is InChI=1S/C18H21Cl2NO3/c1-12(22)9-21-10-13-3-6-17(18(7-13)23-2)24-11-14-4-5-15(19)8-16(14)20/h3-8,12,21-22H,9-11H2,1-2H3/t12-/m0/s1. The molecule has 4 nitrogen and oxygen atoms in total. The molecule has 0 aliphatic rings. The van der Waals surface area contributed by atoms with Crippen molar-refractivity contribution in [1.82, 2.24) is 5.32 Å². The van der Waals surface area contributed by atoms with Crippen molar-refractivity contribution < 1.29 is 14.6 Å². The van der Waals surface area contributed by atoms with Crippen molar-refractivity contribution >= 4 is 23.2 Å². The van der Waals surface area contributed by atoms with Gasteiger partial charge in [0.2, 0.25) is 0 Å². The van der Waals surface area contributed by atoms with E-state index in [0.29, 0.717) is 41.2 Å². The Labute approximate surface area is 152 Å². The smallest absolute Gasteiger partial charge is 0.161 e. The normalized spacial score (nSPS) is 12.0. The van der Waals surface area contributed by atoms with Crippen molar-refractivity contribution in [2.45, 2.75) is 26.2 Å². The summed E-state index contributed by atoms with van der Waals surface area (Å²) in [6, 6.07) is 11.0. The molecule has 0 fully saturated rings. The Morgan fingerprint density at radius 1 is 1.12 bits per heavy atom. The molecule has 0 unspecified atom stereocenters. The molecule has 0 amide bonds. The van der Waals surface area contributed by atoms with E-state index in [1.54, 1.807) is 26.2 Å². The van der Waals surface area contributed by atoms with Crippen LogP contribution in [0.2, 0.25) is 10.0 Å². The van der Waals surface area contributed by atoms with Gasteiger partial charge >= 0.3 is 0 Å². The molecule has 0 heterocycles. The third-order valence-corrected chi connectivity index (χ3v) is 3.98. The molecule has 2 aromatic carbocycles. The summed E-state index contributed by atoms with van der Waals surface area (Å²) in [5, 5.41) is 13.6. The number of rotatable bonds is 8. The minimum Gasteiger partial charge on any atom is -0.493 e. The molecule has 24 heavy (non-hydrogen) atoms. The van der Waals surface area contributed by atoms with E-state index in [1.165, 1.54) is 0 Å². The van der Waals surface area contributed by atoms with Crippen LogP contribution in [-0.2, 0) is 13.2 Å². The fourth-order valence-electron chi connectivity index (χ4n) is 2.16. The van der Waals surface area contributed by atoms with Gasteiger partial charge in [-0.3, -0.25) is 0 Å². The number of ether oxygens (including phenoxy) is 2. The first-order chi connectivity index (χ1) is 11.5. The van der Waals surface area contributed by atoms with Crippen molar-refractivity contribution in [2.24, 2.45) is 0 Å². The summed E-state index contributed by atoms with van der Waals surface area (Å²) in [7, 11) is 1.60. The zero-order valence-electron chi connectivity index (χ0n) is 13.7. The maximum Gasteiger partial charge on any atom is 0.161 e. The molecular formula is C18H21Cl2NO3. The molecule has 0 bridgehead atoms. The number of methoxy groups -OCH3 is 1. The lowest BCUT2D eigenvalue weighted by molar-refractivity contribution is 0.191. The monoisotopic (exact) mass is 369 g/mol. The van der Waals surface area contributed by atoms with Crippen LogP contribution in [0.15, 0.2) is 36.4 Å². The first-order valence-electron chi connectivity index (χ1n) is 7.62. The van der Waals surface area contributed by atoms with E-state index in [4.69, 9.17) is 32.7 Å². The first kappa shape index (κ1) is 18.9. The zero-order chi connectivity index (χ0) is 17.5. The second kappa shape index (κ2) is 9.14. The van der Waals surface area contributed by atoms with Crippen LogP contribution < -0.4 is 14.8 Å². The molecule has 0 spiro atoms. The van der Waals surface area contributed by atoms with Gasteiger partial charge in [0.15, 0.2) is 11.5 Å². The Morgan fingerprint density at radius 2 is 1.92 bits per heavy atom. The van der Waals surface area contributed by atoms with E-state index >= 15 is 0 Å². The Hall–Kier alpha value is -1.46. The molecule has 130 valence electrons. The highest BCUT2D eigenvalue weighted by Crippen LogP contribution is 2.30. The van der Waals surface area contributed by atoms with Crippen LogP contribution in [0.3, 0.4) is 0 Å². The van der Waals surface area contributed by atoms with E-state index in [-0.39, 0.29) is 6.10 Å². The van der Waals surface area contributed by atoms with Gasteiger partial charge in [-0.05, 0) is 36.8 Å². The van der Waals surface area contributed by atoms with E-state index in [1.807, 2.05) is 24.3 Å². The maximum absolute atomic E-state index is 9.27. The fraction of sp³-hybridized carbons (Fsp3) is 0.333. The van der Waals surface area contributed by atoms with Gasteiger partial charge in [0.1, 0.15) is 6.61 Å². The number of aliphatic hydroxyl groups excluding tert-OH is 1. The highest BCUT2D eigenvalue weighted by molar-refractivity contribution is 6.35. The van der Waals surface area contributed by atoms with Crippen LogP contribution in [0.5, 0.6) is 11.5 Å². The molecule has 0 aliphatic heterocycles. The van der Waals surface area contributed by atoms with Gasteiger partial charge < -0.3 is 19.9 Å². The van der Waals surface area contributed by atoms with Gasteiger partial charge in [-0.2, -0.15) is 0 Å². The van der Waals surface area contributed by atoms with E-state index in [2.05, 4.69) is 5.32 Å². The third kappa shape index (κ3) is 5.56. The van der Waals surface area contributed by atoms with Gasteiger partial charge in [0.05, 0.1) is 13.2 Å². The summed E-state index contributed by atoms with van der Waals surface area (Å²) in [6.45, 7) is 3.25. The molecule has 0 radical (unpaired) electrons. The Kier molecular flexibility index (Phi) is 7.18. The molecule has 2 aromatic rings. The zero-order valence-corrected chi connectivity index (χ0v) is 15.2. The van der Waals surface area contributed by atoms with Crippen LogP contribution in [0.4, 0.5) is 0 Å². The van der Waals surface area contributed by atoms with E-state index < -0.39 is 0 Å².